The van der Waals surface area contributed by atoms with Gasteiger partial charge in [0, 0.05) is 0 Å². The molecule has 3 N–H and O–H groups in total. The van der Waals surface area contributed by atoms with Crippen molar-refractivity contribution in [2.45, 2.75) is 90.0 Å². The van der Waals surface area contributed by atoms with Gasteiger partial charge in [0.1, 0.15) is 0 Å². The van der Waals surface area contributed by atoms with Gasteiger partial charge in [-0.2, -0.15) is 5.10 Å². The van der Waals surface area contributed by atoms with Gasteiger partial charge in [-0.05, 0) is 55.4 Å². The summed E-state index contributed by atoms with van der Waals surface area (Å²) in [4.78, 5) is 0. The van der Waals surface area contributed by atoms with Crippen molar-refractivity contribution in [1.29, 1.82) is 0 Å². The number of ether oxygens (including phenoxy) is 2. The highest BCUT2D eigenvalue weighted by atomic mass is 32.2. The zero-order valence-corrected chi connectivity index (χ0v) is 19.7. The van der Waals surface area contributed by atoms with E-state index in [4.69, 9.17) is 19.7 Å². The van der Waals surface area contributed by atoms with Gasteiger partial charge in [0.15, 0.2) is 5.03 Å². The summed E-state index contributed by atoms with van der Waals surface area (Å²) in [7, 11) is -3.71. The van der Waals surface area contributed by atoms with Crippen LogP contribution in [0, 0.1) is 10.8 Å². The summed E-state index contributed by atoms with van der Waals surface area (Å²) in [6.07, 6.45) is 8.94. The first-order valence-corrected chi connectivity index (χ1v) is 12.4. The molecule has 1 aromatic heterocycles. The van der Waals surface area contributed by atoms with Gasteiger partial charge < -0.3 is 14.6 Å². The molecule has 2 aliphatic rings. The fraction of sp³-hybridized carbons (Fsp3) is 0.857. The SMILES string of the molecule is CC1(C)CCC(OCCO)C1.CC1(C)CCC(OCCn2nccc2S(N)(=O)=O)C1. The van der Waals surface area contributed by atoms with Gasteiger partial charge in [-0.15, -0.1) is 0 Å². The van der Waals surface area contributed by atoms with E-state index in [0.29, 0.717) is 36.7 Å². The molecule has 1 heterocycles. The summed E-state index contributed by atoms with van der Waals surface area (Å²) in [5.74, 6) is 0. The molecule has 0 bridgehead atoms. The maximum Gasteiger partial charge on any atom is 0.255 e. The van der Waals surface area contributed by atoms with E-state index in [1.807, 2.05) is 0 Å². The van der Waals surface area contributed by atoms with Gasteiger partial charge in [-0.1, -0.05) is 27.7 Å². The molecule has 30 heavy (non-hydrogen) atoms. The van der Waals surface area contributed by atoms with E-state index in [9.17, 15) is 8.42 Å². The Labute approximate surface area is 181 Å². The van der Waals surface area contributed by atoms with Crippen molar-refractivity contribution in [3.63, 3.8) is 0 Å². The van der Waals surface area contributed by atoms with Crippen LogP contribution in [-0.4, -0.2) is 55.3 Å². The highest BCUT2D eigenvalue weighted by Crippen LogP contribution is 2.39. The number of aromatic nitrogens is 2. The molecular weight excluding hydrogens is 406 g/mol. The van der Waals surface area contributed by atoms with Gasteiger partial charge in [-0.3, -0.25) is 4.68 Å². The van der Waals surface area contributed by atoms with Crippen molar-refractivity contribution in [3.05, 3.63) is 12.3 Å². The van der Waals surface area contributed by atoms with E-state index in [1.54, 1.807) is 0 Å². The molecular formula is C21H39N3O5S. The Hall–Kier alpha value is -1.00. The van der Waals surface area contributed by atoms with Gasteiger partial charge in [0.2, 0.25) is 0 Å². The zero-order chi connectivity index (χ0) is 22.4. The number of hydrogen-bond acceptors (Lipinski definition) is 6. The molecule has 9 heteroatoms. The average Bonchev–Trinajstić information content (AvgIpc) is 3.32. The minimum atomic E-state index is -3.71. The van der Waals surface area contributed by atoms with Gasteiger partial charge in [0.25, 0.3) is 10.0 Å². The number of nitrogens with zero attached hydrogens (tertiary/aromatic N) is 2. The number of primary sulfonamides is 1. The fourth-order valence-electron chi connectivity index (χ4n) is 4.28. The topological polar surface area (TPSA) is 117 Å². The third-order valence-electron chi connectivity index (χ3n) is 5.92. The second kappa shape index (κ2) is 10.5. The minimum Gasteiger partial charge on any atom is -0.394 e. The number of aliphatic hydroxyl groups is 1. The Bertz CT molecular complexity index is 760. The molecule has 0 aromatic carbocycles. The quantitative estimate of drug-likeness (QED) is 0.635. The number of aliphatic hydroxyl groups excluding tert-OH is 1. The van der Waals surface area contributed by atoms with Crippen molar-refractivity contribution in [3.8, 4) is 0 Å². The predicted molar refractivity (Wildman–Crippen MR) is 115 cm³/mol. The van der Waals surface area contributed by atoms with Crippen LogP contribution in [0.5, 0.6) is 0 Å². The van der Waals surface area contributed by atoms with Crippen LogP contribution in [0.2, 0.25) is 0 Å². The first-order valence-electron chi connectivity index (χ1n) is 10.8. The van der Waals surface area contributed by atoms with Crippen LogP contribution < -0.4 is 5.14 Å². The Kier molecular flexibility index (Phi) is 8.88. The standard InChI is InChI=1S/C12H21N3O3S.C9H18O2/c1-12(2)5-3-10(9-12)18-8-7-15-11(4-6-14-15)19(13,16)17;1-9(2)4-3-8(7-9)11-6-5-10/h4,6,10H,3,5,7-9H2,1-2H3,(H2,13,16,17);8,10H,3-7H2,1-2H3. The van der Waals surface area contributed by atoms with Crippen molar-refractivity contribution in [1.82, 2.24) is 9.78 Å². The van der Waals surface area contributed by atoms with Crippen molar-refractivity contribution >= 4 is 10.0 Å². The molecule has 2 atom stereocenters. The fourth-order valence-corrected chi connectivity index (χ4v) is 4.97. The molecule has 2 saturated carbocycles. The van der Waals surface area contributed by atoms with Crippen LogP contribution in [0.4, 0.5) is 0 Å². The molecule has 0 spiro atoms. The first-order chi connectivity index (χ1) is 13.9. The summed E-state index contributed by atoms with van der Waals surface area (Å²) in [6, 6.07) is 1.40. The van der Waals surface area contributed by atoms with E-state index in [0.717, 1.165) is 25.7 Å². The zero-order valence-electron chi connectivity index (χ0n) is 18.8. The summed E-state index contributed by atoms with van der Waals surface area (Å²) >= 11 is 0. The molecule has 0 amide bonds. The van der Waals surface area contributed by atoms with Crippen molar-refractivity contribution in [2.75, 3.05) is 19.8 Å². The Morgan fingerprint density at radius 2 is 1.63 bits per heavy atom. The number of rotatable bonds is 8. The highest BCUT2D eigenvalue weighted by Gasteiger charge is 2.32. The molecule has 2 aliphatic carbocycles. The van der Waals surface area contributed by atoms with E-state index in [2.05, 4.69) is 32.8 Å². The minimum absolute atomic E-state index is 0.0304. The van der Waals surface area contributed by atoms with Crippen LogP contribution in [0.1, 0.15) is 66.2 Å². The smallest absolute Gasteiger partial charge is 0.255 e. The Morgan fingerprint density at radius 3 is 2.07 bits per heavy atom. The van der Waals surface area contributed by atoms with Crippen LogP contribution in [0.15, 0.2) is 17.3 Å². The van der Waals surface area contributed by atoms with Crippen LogP contribution in [-0.2, 0) is 26.0 Å². The highest BCUT2D eigenvalue weighted by molar-refractivity contribution is 7.89. The maximum atomic E-state index is 11.3. The largest absolute Gasteiger partial charge is 0.394 e. The normalized spacial score (nSPS) is 25.1. The first kappa shape index (κ1) is 25.3. The second-order valence-electron chi connectivity index (χ2n) is 9.96. The molecule has 1 aromatic rings. The molecule has 2 fully saturated rings. The predicted octanol–water partition coefficient (Wildman–Crippen LogP) is 2.70. The van der Waals surface area contributed by atoms with Gasteiger partial charge in [-0.25, -0.2) is 13.6 Å². The van der Waals surface area contributed by atoms with E-state index in [1.165, 1.54) is 29.8 Å². The lowest BCUT2D eigenvalue weighted by atomic mass is 9.92. The Balaban J connectivity index is 0.000000248. The van der Waals surface area contributed by atoms with E-state index >= 15 is 0 Å². The molecule has 0 saturated heterocycles. The third-order valence-corrected chi connectivity index (χ3v) is 6.85. The number of sulfonamides is 1. The lowest BCUT2D eigenvalue weighted by Crippen LogP contribution is -2.21. The lowest BCUT2D eigenvalue weighted by molar-refractivity contribution is 0.0277. The molecule has 3 rings (SSSR count). The summed E-state index contributed by atoms with van der Waals surface area (Å²) in [5.41, 5.74) is 0.808. The monoisotopic (exact) mass is 445 g/mol. The number of nitrogens with two attached hydrogens (primary N) is 1. The van der Waals surface area contributed by atoms with E-state index in [-0.39, 0.29) is 17.7 Å². The van der Waals surface area contributed by atoms with Crippen LogP contribution in [0.25, 0.3) is 0 Å². The summed E-state index contributed by atoms with van der Waals surface area (Å²) in [5, 5.41) is 17.6. The molecule has 174 valence electrons. The Morgan fingerprint density at radius 1 is 1.10 bits per heavy atom. The van der Waals surface area contributed by atoms with Crippen molar-refractivity contribution in [2.24, 2.45) is 16.0 Å². The molecule has 0 aliphatic heterocycles. The lowest BCUT2D eigenvalue weighted by Gasteiger charge is -2.17. The van der Waals surface area contributed by atoms with Crippen LogP contribution >= 0.6 is 0 Å². The molecule has 2 unspecified atom stereocenters. The van der Waals surface area contributed by atoms with Gasteiger partial charge >= 0.3 is 0 Å². The third kappa shape index (κ3) is 8.26. The van der Waals surface area contributed by atoms with Gasteiger partial charge in [0.05, 0.1) is 44.8 Å². The maximum absolute atomic E-state index is 11.3. The summed E-state index contributed by atoms with van der Waals surface area (Å²) < 4.78 is 35.2. The molecule has 0 radical (unpaired) electrons. The van der Waals surface area contributed by atoms with E-state index < -0.39 is 10.0 Å². The number of hydrogen-bond donors (Lipinski definition) is 2. The summed E-state index contributed by atoms with van der Waals surface area (Å²) in [6.45, 7) is 10.5. The van der Waals surface area contributed by atoms with Crippen molar-refractivity contribution < 1.29 is 23.0 Å². The van der Waals surface area contributed by atoms with Crippen LogP contribution in [0.3, 0.4) is 0 Å². The second-order valence-corrected chi connectivity index (χ2v) is 11.5. The average molecular weight is 446 g/mol. The molecule has 8 nitrogen and oxygen atoms in total.